The summed E-state index contributed by atoms with van der Waals surface area (Å²) in [5, 5.41) is 0. The Labute approximate surface area is 127 Å². The van der Waals surface area contributed by atoms with E-state index in [0.29, 0.717) is 29.5 Å². The molecular formula is C19H38O. The fraction of sp³-hybridized carbons (Fsp3) is 0.947. The molecule has 20 heavy (non-hydrogen) atoms. The fourth-order valence-corrected chi connectivity index (χ4v) is 4.77. The van der Waals surface area contributed by atoms with Crippen LogP contribution in [0.4, 0.5) is 0 Å². The average molecular weight is 283 g/mol. The Kier molecular flexibility index (Phi) is 6.97. The van der Waals surface area contributed by atoms with Crippen LogP contribution in [0.2, 0.25) is 0 Å². The second-order valence-corrected chi connectivity index (χ2v) is 7.74. The summed E-state index contributed by atoms with van der Waals surface area (Å²) in [5.41, 5.74) is -0.380. The molecule has 1 nitrogen and oxygen atoms in total. The van der Waals surface area contributed by atoms with Gasteiger partial charge in [-0.25, -0.2) is 0 Å². The van der Waals surface area contributed by atoms with Crippen LogP contribution in [0.5, 0.6) is 0 Å². The number of carbonyl (C=O) groups excluding carboxylic acids is 1. The molecule has 0 unspecified atom stereocenters. The highest BCUT2D eigenvalue weighted by molar-refractivity contribution is 5.91. The molecule has 0 saturated heterocycles. The van der Waals surface area contributed by atoms with Crippen LogP contribution < -0.4 is 0 Å². The SMILES string of the molecule is CCC(C(=O)C(CC)(C(C)C)C(C)C)(C(C)C)C(C)C. The van der Waals surface area contributed by atoms with Crippen molar-refractivity contribution >= 4 is 5.78 Å². The predicted molar refractivity (Wildman–Crippen MR) is 89.8 cm³/mol. The lowest BCUT2D eigenvalue weighted by Gasteiger charge is -2.50. The zero-order chi connectivity index (χ0) is 16.3. The van der Waals surface area contributed by atoms with E-state index in [1.165, 1.54) is 0 Å². The third-order valence-electron chi connectivity index (χ3n) is 6.14. The third-order valence-corrected chi connectivity index (χ3v) is 6.14. The number of hydrogen-bond acceptors (Lipinski definition) is 1. The van der Waals surface area contributed by atoms with Gasteiger partial charge in [-0.15, -0.1) is 0 Å². The highest BCUT2D eigenvalue weighted by atomic mass is 16.1. The quantitative estimate of drug-likeness (QED) is 0.536. The van der Waals surface area contributed by atoms with E-state index in [0.717, 1.165) is 12.8 Å². The lowest BCUT2D eigenvalue weighted by Crippen LogP contribution is -2.53. The first-order valence-electron chi connectivity index (χ1n) is 8.60. The summed E-state index contributed by atoms with van der Waals surface area (Å²) in [6.07, 6.45) is 1.89. The highest BCUT2D eigenvalue weighted by Crippen LogP contribution is 2.51. The Hall–Kier alpha value is -0.330. The average Bonchev–Trinajstić information content (AvgIpc) is 2.29. The van der Waals surface area contributed by atoms with E-state index >= 15 is 0 Å². The number of carbonyl (C=O) groups is 1. The van der Waals surface area contributed by atoms with Crippen LogP contribution in [-0.2, 0) is 4.79 Å². The van der Waals surface area contributed by atoms with Crippen molar-refractivity contribution in [2.75, 3.05) is 0 Å². The van der Waals surface area contributed by atoms with Crippen molar-refractivity contribution in [3.63, 3.8) is 0 Å². The monoisotopic (exact) mass is 282 g/mol. The first-order valence-corrected chi connectivity index (χ1v) is 8.60. The minimum atomic E-state index is -0.190. The van der Waals surface area contributed by atoms with E-state index in [1.54, 1.807) is 0 Å². The minimum absolute atomic E-state index is 0.190. The summed E-state index contributed by atoms with van der Waals surface area (Å²) >= 11 is 0. The molecule has 0 aliphatic heterocycles. The summed E-state index contributed by atoms with van der Waals surface area (Å²) < 4.78 is 0. The molecule has 0 saturated carbocycles. The molecule has 0 rings (SSSR count). The van der Waals surface area contributed by atoms with Crippen LogP contribution in [0.25, 0.3) is 0 Å². The van der Waals surface area contributed by atoms with E-state index in [1.807, 2.05) is 0 Å². The number of rotatable bonds is 8. The van der Waals surface area contributed by atoms with Crippen LogP contribution in [-0.4, -0.2) is 5.78 Å². The van der Waals surface area contributed by atoms with Gasteiger partial charge >= 0.3 is 0 Å². The zero-order valence-corrected chi connectivity index (χ0v) is 15.6. The summed E-state index contributed by atoms with van der Waals surface area (Å²) in [7, 11) is 0. The van der Waals surface area contributed by atoms with Gasteiger partial charge < -0.3 is 0 Å². The molecular weight excluding hydrogens is 244 g/mol. The van der Waals surface area contributed by atoms with Crippen molar-refractivity contribution in [1.29, 1.82) is 0 Å². The number of Topliss-reactive ketones (excluding diaryl/α,β-unsaturated/α-hetero) is 1. The van der Waals surface area contributed by atoms with Crippen LogP contribution in [0.15, 0.2) is 0 Å². The normalized spacial score (nSPS) is 13.9. The third kappa shape index (κ3) is 2.83. The van der Waals surface area contributed by atoms with E-state index in [4.69, 9.17) is 0 Å². The Balaban J connectivity index is 6.10. The number of ketones is 1. The molecule has 120 valence electrons. The van der Waals surface area contributed by atoms with Crippen molar-refractivity contribution in [3.8, 4) is 0 Å². The number of hydrogen-bond donors (Lipinski definition) is 0. The maximum Gasteiger partial charge on any atom is 0.146 e. The van der Waals surface area contributed by atoms with Gasteiger partial charge in [-0.1, -0.05) is 69.2 Å². The molecule has 0 bridgehead atoms. The van der Waals surface area contributed by atoms with Crippen molar-refractivity contribution in [2.24, 2.45) is 34.5 Å². The molecule has 0 aromatic rings. The molecule has 0 atom stereocenters. The molecule has 0 amide bonds. The van der Waals surface area contributed by atoms with Crippen molar-refractivity contribution in [2.45, 2.75) is 82.1 Å². The molecule has 0 aromatic heterocycles. The van der Waals surface area contributed by atoms with Crippen LogP contribution in [0.3, 0.4) is 0 Å². The van der Waals surface area contributed by atoms with Crippen molar-refractivity contribution in [3.05, 3.63) is 0 Å². The molecule has 0 radical (unpaired) electrons. The van der Waals surface area contributed by atoms with E-state index in [9.17, 15) is 4.79 Å². The molecule has 0 N–H and O–H groups in total. The first-order chi connectivity index (χ1) is 9.05. The summed E-state index contributed by atoms with van der Waals surface area (Å²) in [6, 6.07) is 0. The Morgan fingerprint density at radius 1 is 0.650 bits per heavy atom. The Morgan fingerprint density at radius 3 is 0.950 bits per heavy atom. The molecule has 0 aromatic carbocycles. The molecule has 0 spiro atoms. The second-order valence-electron chi connectivity index (χ2n) is 7.74. The maximum atomic E-state index is 13.7. The lowest BCUT2D eigenvalue weighted by molar-refractivity contribution is -0.153. The molecule has 1 heteroatoms. The van der Waals surface area contributed by atoms with E-state index < -0.39 is 0 Å². The van der Waals surface area contributed by atoms with Gasteiger partial charge in [0.25, 0.3) is 0 Å². The van der Waals surface area contributed by atoms with Crippen molar-refractivity contribution < 1.29 is 4.79 Å². The van der Waals surface area contributed by atoms with Gasteiger partial charge in [-0.05, 0) is 36.5 Å². The van der Waals surface area contributed by atoms with Crippen molar-refractivity contribution in [1.82, 2.24) is 0 Å². The second kappa shape index (κ2) is 7.09. The summed E-state index contributed by atoms with van der Waals surface area (Å²) in [4.78, 5) is 13.7. The first kappa shape index (κ1) is 19.7. The summed E-state index contributed by atoms with van der Waals surface area (Å²) in [6.45, 7) is 22.2. The minimum Gasteiger partial charge on any atom is -0.298 e. The predicted octanol–water partition coefficient (Wildman–Crippen LogP) is 5.97. The molecule has 0 heterocycles. The largest absolute Gasteiger partial charge is 0.298 e. The van der Waals surface area contributed by atoms with E-state index in [2.05, 4.69) is 69.2 Å². The maximum absolute atomic E-state index is 13.7. The summed E-state index contributed by atoms with van der Waals surface area (Å²) in [5.74, 6) is 2.09. The molecule has 0 aliphatic carbocycles. The fourth-order valence-electron chi connectivity index (χ4n) is 4.77. The van der Waals surface area contributed by atoms with Gasteiger partial charge in [0.1, 0.15) is 5.78 Å². The highest BCUT2D eigenvalue weighted by Gasteiger charge is 2.53. The molecule has 0 fully saturated rings. The Morgan fingerprint density at radius 2 is 0.850 bits per heavy atom. The van der Waals surface area contributed by atoms with Crippen LogP contribution in [0.1, 0.15) is 82.1 Å². The van der Waals surface area contributed by atoms with Gasteiger partial charge in [0.2, 0.25) is 0 Å². The standard InChI is InChI=1S/C19H38O/c1-11-18(13(3)4,14(5)6)17(20)19(12-2,15(7)8)16(9)10/h13-16H,11-12H2,1-10H3. The van der Waals surface area contributed by atoms with Gasteiger partial charge in [0, 0.05) is 10.8 Å². The lowest BCUT2D eigenvalue weighted by atomic mass is 9.52. The molecule has 0 aliphatic rings. The van der Waals surface area contributed by atoms with Gasteiger partial charge in [-0.2, -0.15) is 0 Å². The van der Waals surface area contributed by atoms with Crippen LogP contribution >= 0.6 is 0 Å². The van der Waals surface area contributed by atoms with E-state index in [-0.39, 0.29) is 10.8 Å². The topological polar surface area (TPSA) is 17.1 Å². The smallest absolute Gasteiger partial charge is 0.146 e. The van der Waals surface area contributed by atoms with Gasteiger partial charge in [-0.3, -0.25) is 4.79 Å². The van der Waals surface area contributed by atoms with Gasteiger partial charge in [0.15, 0.2) is 0 Å². The van der Waals surface area contributed by atoms with Gasteiger partial charge in [0.05, 0.1) is 0 Å². The Bertz CT molecular complexity index is 264. The van der Waals surface area contributed by atoms with Crippen LogP contribution in [0, 0.1) is 34.5 Å². The zero-order valence-electron chi connectivity index (χ0n) is 15.6.